The van der Waals surface area contributed by atoms with Crippen LogP contribution in [0.5, 0.6) is 0 Å². The van der Waals surface area contributed by atoms with Gasteiger partial charge < -0.3 is 5.11 Å². The quantitative estimate of drug-likeness (QED) is 0.789. The van der Waals surface area contributed by atoms with E-state index in [-0.39, 0.29) is 0 Å². The average molecular weight is 282 g/mol. The maximum Gasteiger partial charge on any atom is 0.313 e. The molecule has 0 aliphatic rings. The second-order valence-corrected chi connectivity index (χ2v) is 4.95. The monoisotopic (exact) mass is 282 g/mol. The van der Waals surface area contributed by atoms with E-state index in [1.165, 1.54) is 6.33 Å². The van der Waals surface area contributed by atoms with Crippen molar-refractivity contribution in [1.82, 2.24) is 19.6 Å². The predicted octanol–water partition coefficient (Wildman–Crippen LogP) is 1.84. The average Bonchev–Trinajstić information content (AvgIpc) is 2.95. The molecule has 1 unspecified atom stereocenters. The Kier molecular flexibility index (Phi) is 3.35. The highest BCUT2D eigenvalue weighted by molar-refractivity contribution is 5.78. The smallest absolute Gasteiger partial charge is 0.313 e. The summed E-state index contributed by atoms with van der Waals surface area (Å²) in [5.41, 5.74) is 3.01. The number of carbonyl (C=O) groups is 1. The molecule has 0 radical (unpaired) electrons. The molecule has 3 rings (SSSR count). The first-order valence-electron chi connectivity index (χ1n) is 6.58. The molecular formula is C15H14N4O2. The molecule has 106 valence electrons. The summed E-state index contributed by atoms with van der Waals surface area (Å²) in [5.74, 6) is -1.67. The van der Waals surface area contributed by atoms with Crippen LogP contribution in [-0.4, -0.2) is 30.7 Å². The van der Waals surface area contributed by atoms with E-state index in [9.17, 15) is 9.90 Å². The zero-order chi connectivity index (χ0) is 14.8. The van der Waals surface area contributed by atoms with E-state index in [1.807, 2.05) is 31.2 Å². The molecule has 0 fully saturated rings. The molecule has 1 aromatic carbocycles. The second-order valence-electron chi connectivity index (χ2n) is 4.95. The lowest BCUT2D eigenvalue weighted by atomic mass is 9.95. The molecule has 2 aromatic heterocycles. The highest BCUT2D eigenvalue weighted by atomic mass is 16.4. The number of rotatable bonds is 4. The number of aliphatic carboxylic acids is 1. The van der Waals surface area contributed by atoms with Crippen LogP contribution in [0.15, 0.2) is 43.0 Å². The maximum absolute atomic E-state index is 11.6. The summed E-state index contributed by atoms with van der Waals surface area (Å²) in [6.45, 7) is 2.00. The van der Waals surface area contributed by atoms with Crippen LogP contribution in [0.1, 0.15) is 22.7 Å². The van der Waals surface area contributed by atoms with Crippen LogP contribution in [0.3, 0.4) is 0 Å². The Bertz CT molecular complexity index is 780. The first-order chi connectivity index (χ1) is 10.1. The van der Waals surface area contributed by atoms with Gasteiger partial charge in [-0.25, -0.2) is 0 Å². The van der Waals surface area contributed by atoms with E-state index in [4.69, 9.17) is 0 Å². The number of carboxylic acids is 1. The minimum atomic E-state index is -0.917. The fourth-order valence-electron chi connectivity index (χ4n) is 2.28. The van der Waals surface area contributed by atoms with Gasteiger partial charge in [-0.2, -0.15) is 0 Å². The second kappa shape index (κ2) is 5.32. The van der Waals surface area contributed by atoms with E-state index in [0.29, 0.717) is 17.8 Å². The van der Waals surface area contributed by atoms with E-state index < -0.39 is 11.9 Å². The summed E-state index contributed by atoms with van der Waals surface area (Å²) < 4.78 is 1.67. The molecule has 6 nitrogen and oxygen atoms in total. The summed E-state index contributed by atoms with van der Waals surface area (Å²) in [5, 5.41) is 17.3. The summed E-state index contributed by atoms with van der Waals surface area (Å²) in [7, 11) is 0. The Morgan fingerprint density at radius 1 is 1.33 bits per heavy atom. The Morgan fingerprint density at radius 3 is 2.81 bits per heavy atom. The molecule has 0 aliphatic heterocycles. The summed E-state index contributed by atoms with van der Waals surface area (Å²) in [4.78, 5) is 15.8. The molecule has 0 spiro atoms. The van der Waals surface area contributed by atoms with Gasteiger partial charge in [-0.3, -0.25) is 14.2 Å². The Balaban J connectivity index is 2.00. The van der Waals surface area contributed by atoms with Gasteiger partial charge in [0, 0.05) is 12.4 Å². The summed E-state index contributed by atoms with van der Waals surface area (Å²) in [6, 6.07) is 7.82. The first kappa shape index (κ1) is 13.2. The van der Waals surface area contributed by atoms with E-state index in [1.54, 1.807) is 16.8 Å². The number of aryl methyl sites for hydroxylation is 1. The number of fused-ring (bicyclic) bond motifs is 1. The third-order valence-electron chi connectivity index (χ3n) is 3.43. The molecular weight excluding hydrogens is 268 g/mol. The molecule has 1 N–H and O–H groups in total. The van der Waals surface area contributed by atoms with Crippen molar-refractivity contribution >= 4 is 11.6 Å². The highest BCUT2D eigenvalue weighted by Gasteiger charge is 2.25. The van der Waals surface area contributed by atoms with Gasteiger partial charge in [0.15, 0.2) is 5.65 Å². The van der Waals surface area contributed by atoms with Crippen molar-refractivity contribution in [1.29, 1.82) is 0 Å². The van der Waals surface area contributed by atoms with Crippen LogP contribution in [0.4, 0.5) is 0 Å². The van der Waals surface area contributed by atoms with Crippen molar-refractivity contribution in [2.45, 2.75) is 19.3 Å². The number of benzene rings is 1. The van der Waals surface area contributed by atoms with Gasteiger partial charge >= 0.3 is 5.97 Å². The molecule has 0 aliphatic carbocycles. The van der Waals surface area contributed by atoms with Gasteiger partial charge in [-0.1, -0.05) is 29.8 Å². The molecule has 0 amide bonds. The lowest BCUT2D eigenvalue weighted by Gasteiger charge is -2.12. The molecule has 0 saturated heterocycles. The standard InChI is InChI=1S/C15H14N4O2/c1-10-2-4-11(5-3-10)8-12(15(20)21)13-14-18-17-9-19(14)7-6-16-13/h2-7,9,12H,8H2,1H3,(H,20,21). The summed E-state index contributed by atoms with van der Waals surface area (Å²) >= 11 is 0. The normalized spacial score (nSPS) is 12.4. The molecule has 21 heavy (non-hydrogen) atoms. The van der Waals surface area contributed by atoms with Gasteiger partial charge in [0.2, 0.25) is 0 Å². The highest BCUT2D eigenvalue weighted by Crippen LogP contribution is 2.22. The van der Waals surface area contributed by atoms with Crippen molar-refractivity contribution in [3.8, 4) is 0 Å². The third kappa shape index (κ3) is 2.60. The van der Waals surface area contributed by atoms with Crippen LogP contribution in [0.25, 0.3) is 5.65 Å². The SMILES string of the molecule is Cc1ccc(CC(C(=O)O)c2nccn3cnnc23)cc1. The number of hydrogen-bond acceptors (Lipinski definition) is 4. The van der Waals surface area contributed by atoms with Gasteiger partial charge in [-0.05, 0) is 18.9 Å². The topological polar surface area (TPSA) is 80.4 Å². The van der Waals surface area contributed by atoms with Gasteiger partial charge in [0.05, 0.1) is 0 Å². The fraction of sp³-hybridized carbons (Fsp3) is 0.200. The molecule has 1 atom stereocenters. The zero-order valence-corrected chi connectivity index (χ0v) is 11.5. The Labute approximate surface area is 121 Å². The largest absolute Gasteiger partial charge is 0.481 e. The van der Waals surface area contributed by atoms with Crippen LogP contribution >= 0.6 is 0 Å². The van der Waals surface area contributed by atoms with Crippen LogP contribution < -0.4 is 0 Å². The third-order valence-corrected chi connectivity index (χ3v) is 3.43. The van der Waals surface area contributed by atoms with Crippen LogP contribution in [-0.2, 0) is 11.2 Å². The van der Waals surface area contributed by atoms with E-state index in [0.717, 1.165) is 11.1 Å². The van der Waals surface area contributed by atoms with Crippen molar-refractivity contribution in [2.24, 2.45) is 0 Å². The van der Waals surface area contributed by atoms with Gasteiger partial charge in [0.25, 0.3) is 0 Å². The lowest BCUT2D eigenvalue weighted by Crippen LogP contribution is -2.17. The van der Waals surface area contributed by atoms with Gasteiger partial charge in [-0.15, -0.1) is 10.2 Å². The molecule has 0 saturated carbocycles. The Morgan fingerprint density at radius 2 is 2.10 bits per heavy atom. The van der Waals surface area contributed by atoms with Gasteiger partial charge in [0.1, 0.15) is 17.9 Å². The van der Waals surface area contributed by atoms with Crippen molar-refractivity contribution in [3.63, 3.8) is 0 Å². The minimum absolute atomic E-state index is 0.370. The van der Waals surface area contributed by atoms with Crippen LogP contribution in [0.2, 0.25) is 0 Å². The van der Waals surface area contributed by atoms with Crippen molar-refractivity contribution in [3.05, 3.63) is 59.8 Å². The van der Waals surface area contributed by atoms with Crippen molar-refractivity contribution in [2.75, 3.05) is 0 Å². The van der Waals surface area contributed by atoms with E-state index in [2.05, 4.69) is 15.2 Å². The first-order valence-corrected chi connectivity index (χ1v) is 6.58. The number of hydrogen-bond donors (Lipinski definition) is 1. The zero-order valence-electron chi connectivity index (χ0n) is 11.5. The molecule has 0 bridgehead atoms. The molecule has 3 aromatic rings. The van der Waals surface area contributed by atoms with Crippen molar-refractivity contribution < 1.29 is 9.90 Å². The molecule has 2 heterocycles. The lowest BCUT2D eigenvalue weighted by molar-refractivity contribution is -0.138. The molecule has 6 heteroatoms. The Hall–Kier alpha value is -2.76. The fourth-order valence-corrected chi connectivity index (χ4v) is 2.28. The summed E-state index contributed by atoms with van der Waals surface area (Å²) in [6.07, 6.45) is 5.17. The number of nitrogens with zero attached hydrogens (tertiary/aromatic N) is 4. The minimum Gasteiger partial charge on any atom is -0.481 e. The predicted molar refractivity (Wildman–Crippen MR) is 76.0 cm³/mol. The number of carboxylic acid groups (broad SMARTS) is 1. The maximum atomic E-state index is 11.6. The van der Waals surface area contributed by atoms with Crippen LogP contribution in [0, 0.1) is 6.92 Å². The number of aromatic nitrogens is 4. The van der Waals surface area contributed by atoms with E-state index >= 15 is 0 Å².